The van der Waals surface area contributed by atoms with E-state index in [0.717, 1.165) is 0 Å². The Morgan fingerprint density at radius 2 is 2.00 bits per heavy atom. The van der Waals surface area contributed by atoms with Gasteiger partial charge in [0.1, 0.15) is 0 Å². The lowest BCUT2D eigenvalue weighted by atomic mass is 10.1. The van der Waals surface area contributed by atoms with Crippen molar-refractivity contribution in [3.05, 3.63) is 41.5 Å². The zero-order valence-corrected chi connectivity index (χ0v) is 7.62. The van der Waals surface area contributed by atoms with E-state index in [1.54, 1.807) is 0 Å². The molecule has 0 amide bonds. The molecule has 1 aromatic rings. The largest absolute Gasteiger partial charge is 0.325 e. The van der Waals surface area contributed by atoms with Gasteiger partial charge in [0.05, 0.1) is 0 Å². The van der Waals surface area contributed by atoms with Gasteiger partial charge in [-0.15, -0.1) is 0 Å². The van der Waals surface area contributed by atoms with Crippen LogP contribution in [0.15, 0.2) is 30.3 Å². The molecule has 1 rings (SSSR count). The van der Waals surface area contributed by atoms with E-state index in [2.05, 4.69) is 25.1 Å². The third-order valence-corrected chi connectivity index (χ3v) is 1.77. The summed E-state index contributed by atoms with van der Waals surface area (Å²) in [6.45, 7) is 4.07. The molecule has 0 saturated carbocycles. The van der Waals surface area contributed by atoms with E-state index in [9.17, 15) is 0 Å². The van der Waals surface area contributed by atoms with E-state index in [1.807, 2.05) is 25.1 Å². The third-order valence-electron chi connectivity index (χ3n) is 1.77. The molecule has 0 aliphatic carbocycles. The van der Waals surface area contributed by atoms with Crippen LogP contribution in [0.3, 0.4) is 0 Å². The lowest BCUT2D eigenvalue weighted by molar-refractivity contribution is 0.930. The Morgan fingerprint density at radius 1 is 1.33 bits per heavy atom. The smallest absolute Gasteiger partial charge is 0.0198 e. The number of aryl methyl sites for hydroxylation is 1. The van der Waals surface area contributed by atoms with Gasteiger partial charge < -0.3 is 5.73 Å². The van der Waals surface area contributed by atoms with Crippen molar-refractivity contribution in [2.75, 3.05) is 0 Å². The van der Waals surface area contributed by atoms with Crippen LogP contribution >= 0.6 is 0 Å². The number of rotatable bonds is 2. The van der Waals surface area contributed by atoms with Gasteiger partial charge in [0, 0.05) is 6.04 Å². The van der Waals surface area contributed by atoms with E-state index in [0.29, 0.717) is 0 Å². The maximum atomic E-state index is 5.60. The zero-order valence-electron chi connectivity index (χ0n) is 7.62. The molecule has 0 aliphatic heterocycles. The zero-order chi connectivity index (χ0) is 8.97. The van der Waals surface area contributed by atoms with Gasteiger partial charge in [-0.05, 0) is 25.0 Å². The Hall–Kier alpha value is -1.08. The maximum Gasteiger partial charge on any atom is 0.0198 e. The molecule has 0 spiro atoms. The summed E-state index contributed by atoms with van der Waals surface area (Å²) < 4.78 is 0. The summed E-state index contributed by atoms with van der Waals surface area (Å²) in [5.74, 6) is 0. The van der Waals surface area contributed by atoms with Crippen LogP contribution in [0.25, 0.3) is 6.08 Å². The van der Waals surface area contributed by atoms with E-state index in [4.69, 9.17) is 5.73 Å². The molecular formula is C11H15N. The first-order chi connectivity index (χ1) is 5.70. The summed E-state index contributed by atoms with van der Waals surface area (Å²) >= 11 is 0. The highest BCUT2D eigenvalue weighted by Gasteiger charge is 1.90. The van der Waals surface area contributed by atoms with Crippen molar-refractivity contribution in [3.63, 3.8) is 0 Å². The number of hydrogen-bond donors (Lipinski definition) is 1. The topological polar surface area (TPSA) is 26.0 Å². The summed E-state index contributed by atoms with van der Waals surface area (Å²) in [7, 11) is 0. The van der Waals surface area contributed by atoms with Crippen molar-refractivity contribution < 1.29 is 0 Å². The second-order valence-electron chi connectivity index (χ2n) is 3.07. The van der Waals surface area contributed by atoms with E-state index >= 15 is 0 Å². The molecule has 64 valence electrons. The van der Waals surface area contributed by atoms with Gasteiger partial charge in [0.25, 0.3) is 0 Å². The first-order valence-electron chi connectivity index (χ1n) is 4.19. The molecule has 0 heterocycles. The maximum absolute atomic E-state index is 5.60. The van der Waals surface area contributed by atoms with Gasteiger partial charge >= 0.3 is 0 Å². The van der Waals surface area contributed by atoms with Gasteiger partial charge in [-0.1, -0.05) is 36.4 Å². The second kappa shape index (κ2) is 4.07. The Labute approximate surface area is 73.9 Å². The molecule has 1 heteroatoms. The Balaban J connectivity index is 2.82. The number of benzene rings is 1. The average molecular weight is 161 g/mol. The van der Waals surface area contributed by atoms with Crippen LogP contribution in [0, 0.1) is 6.92 Å². The van der Waals surface area contributed by atoms with Gasteiger partial charge in [-0.2, -0.15) is 0 Å². The first kappa shape index (κ1) is 9.01. The third kappa shape index (κ3) is 2.51. The Morgan fingerprint density at radius 3 is 2.58 bits per heavy atom. The highest BCUT2D eigenvalue weighted by Crippen LogP contribution is 2.08. The first-order valence-corrected chi connectivity index (χ1v) is 4.19. The van der Waals surface area contributed by atoms with Crippen molar-refractivity contribution in [2.24, 2.45) is 5.73 Å². The molecule has 0 bridgehead atoms. The summed E-state index contributed by atoms with van der Waals surface area (Å²) in [5.41, 5.74) is 8.14. The molecule has 1 nitrogen and oxygen atoms in total. The Kier molecular flexibility index (Phi) is 3.06. The van der Waals surface area contributed by atoms with Crippen molar-refractivity contribution >= 4 is 6.08 Å². The van der Waals surface area contributed by atoms with Crippen LogP contribution in [0.5, 0.6) is 0 Å². The minimum Gasteiger partial charge on any atom is -0.325 e. The van der Waals surface area contributed by atoms with Crippen LogP contribution < -0.4 is 5.73 Å². The lowest BCUT2D eigenvalue weighted by Crippen LogP contribution is -2.09. The summed E-state index contributed by atoms with van der Waals surface area (Å²) in [6, 6.07) is 8.39. The van der Waals surface area contributed by atoms with Gasteiger partial charge in [-0.25, -0.2) is 0 Å². The van der Waals surface area contributed by atoms with Crippen LogP contribution in [0.1, 0.15) is 18.1 Å². The highest BCUT2D eigenvalue weighted by molar-refractivity contribution is 5.53. The van der Waals surface area contributed by atoms with Crippen LogP contribution in [-0.2, 0) is 0 Å². The molecule has 1 atom stereocenters. The quantitative estimate of drug-likeness (QED) is 0.708. The Bertz CT molecular complexity index is 274. The summed E-state index contributed by atoms with van der Waals surface area (Å²) in [4.78, 5) is 0. The fourth-order valence-corrected chi connectivity index (χ4v) is 1.03. The van der Waals surface area contributed by atoms with Crippen LogP contribution in [0.4, 0.5) is 0 Å². The predicted octanol–water partition coefficient (Wildman–Crippen LogP) is 2.36. The molecule has 0 saturated heterocycles. The van der Waals surface area contributed by atoms with Gasteiger partial charge in [0.2, 0.25) is 0 Å². The van der Waals surface area contributed by atoms with Gasteiger partial charge in [0.15, 0.2) is 0 Å². The number of hydrogen-bond acceptors (Lipinski definition) is 1. The fraction of sp³-hybridized carbons (Fsp3) is 0.273. The average Bonchev–Trinajstić information content (AvgIpc) is 2.03. The predicted molar refractivity (Wildman–Crippen MR) is 53.9 cm³/mol. The van der Waals surface area contributed by atoms with Crippen LogP contribution in [0.2, 0.25) is 0 Å². The number of nitrogens with two attached hydrogens (primary N) is 1. The van der Waals surface area contributed by atoms with Crippen molar-refractivity contribution in [2.45, 2.75) is 19.9 Å². The monoisotopic (exact) mass is 161 g/mol. The molecule has 12 heavy (non-hydrogen) atoms. The minimum absolute atomic E-state index is 0.129. The van der Waals surface area contributed by atoms with Crippen LogP contribution in [-0.4, -0.2) is 6.04 Å². The molecule has 0 aromatic heterocycles. The van der Waals surface area contributed by atoms with Crippen molar-refractivity contribution in [3.8, 4) is 0 Å². The standard InChI is InChI=1S/C11H15N/c1-9-5-3-4-6-11(9)8-7-10(2)12/h3-8,10H,12H2,1-2H3/b8-7+. The highest BCUT2D eigenvalue weighted by atomic mass is 14.6. The molecular weight excluding hydrogens is 146 g/mol. The van der Waals surface area contributed by atoms with E-state index < -0.39 is 0 Å². The SMILES string of the molecule is Cc1ccccc1/C=C/C(C)N. The molecule has 2 N–H and O–H groups in total. The van der Waals surface area contributed by atoms with Crippen molar-refractivity contribution in [1.82, 2.24) is 0 Å². The van der Waals surface area contributed by atoms with Crippen molar-refractivity contribution in [1.29, 1.82) is 0 Å². The molecule has 0 fully saturated rings. The summed E-state index contributed by atoms with van der Waals surface area (Å²) in [5, 5.41) is 0. The molecule has 0 aliphatic rings. The lowest BCUT2D eigenvalue weighted by Gasteiger charge is -1.99. The van der Waals surface area contributed by atoms with E-state index in [-0.39, 0.29) is 6.04 Å². The normalized spacial score (nSPS) is 13.6. The van der Waals surface area contributed by atoms with E-state index in [1.165, 1.54) is 11.1 Å². The molecule has 0 radical (unpaired) electrons. The summed E-state index contributed by atoms with van der Waals surface area (Å²) in [6.07, 6.45) is 4.07. The van der Waals surface area contributed by atoms with Gasteiger partial charge in [-0.3, -0.25) is 0 Å². The molecule has 1 aromatic carbocycles. The second-order valence-corrected chi connectivity index (χ2v) is 3.07. The minimum atomic E-state index is 0.129. The molecule has 1 unspecified atom stereocenters. The fourth-order valence-electron chi connectivity index (χ4n) is 1.03.